The normalized spacial score (nSPS) is 11.8. The fraction of sp³-hybridized carbons (Fsp3) is 0.300. The predicted molar refractivity (Wildman–Crippen MR) is 117 cm³/mol. The van der Waals surface area contributed by atoms with E-state index in [1.165, 1.54) is 12.1 Å². The number of rotatable bonds is 11. The first-order valence-electron chi connectivity index (χ1n) is 9.51. The number of anilines is 2. The van der Waals surface area contributed by atoms with Crippen molar-refractivity contribution in [2.75, 3.05) is 17.2 Å². The molecule has 0 aliphatic heterocycles. The molecule has 11 heteroatoms. The van der Waals surface area contributed by atoms with Gasteiger partial charge >= 0.3 is 12.1 Å². The summed E-state index contributed by atoms with van der Waals surface area (Å²) in [6.45, 7) is 1.32. The van der Waals surface area contributed by atoms with Crippen molar-refractivity contribution in [1.29, 1.82) is 0 Å². The minimum atomic E-state index is -1.28. The van der Waals surface area contributed by atoms with Crippen molar-refractivity contribution in [2.45, 2.75) is 32.2 Å². The van der Waals surface area contributed by atoms with Gasteiger partial charge in [0.15, 0.2) is 6.61 Å². The summed E-state index contributed by atoms with van der Waals surface area (Å²) in [4.78, 5) is 40.6. The average molecular weight is 450 g/mol. The number of allylic oxidation sites excluding steroid dienone is 1. The lowest BCUT2D eigenvalue weighted by Crippen LogP contribution is -2.18. The molecule has 0 radical (unpaired) electrons. The van der Waals surface area contributed by atoms with Crippen LogP contribution in [0.25, 0.3) is 11.3 Å². The lowest BCUT2D eigenvalue weighted by molar-refractivity contribution is -0.140. The van der Waals surface area contributed by atoms with Crippen LogP contribution in [-0.4, -0.2) is 40.2 Å². The van der Waals surface area contributed by atoms with Gasteiger partial charge in [0.2, 0.25) is 6.41 Å². The number of amides is 2. The van der Waals surface area contributed by atoms with E-state index in [1.807, 2.05) is 6.08 Å². The Bertz CT molecular complexity index is 959. The molecule has 6 N–H and O–H groups in total. The number of carboxylic acids is 1. The smallest absolute Gasteiger partial charge is 0.412 e. The zero-order chi connectivity index (χ0) is 22.8. The highest BCUT2D eigenvalue weighted by atomic mass is 35.5. The molecule has 2 amide bonds. The monoisotopic (exact) mass is 449 g/mol. The summed E-state index contributed by atoms with van der Waals surface area (Å²) in [6.07, 6.45) is 6.19. The topological polar surface area (TPSA) is 159 Å². The van der Waals surface area contributed by atoms with Crippen LogP contribution in [0.2, 0.25) is 5.15 Å². The summed E-state index contributed by atoms with van der Waals surface area (Å²) in [5.41, 5.74) is 7.66. The molecule has 1 aromatic carbocycles. The number of unbranched alkanes of at least 4 members (excludes halogenated alkanes) is 1. The van der Waals surface area contributed by atoms with E-state index >= 15 is 0 Å². The van der Waals surface area contributed by atoms with Crippen molar-refractivity contribution in [1.82, 2.24) is 9.97 Å². The zero-order valence-corrected chi connectivity index (χ0v) is 17.6. The number of aliphatic carboxylic acids is 1. The van der Waals surface area contributed by atoms with Crippen LogP contribution in [-0.2, 0) is 14.3 Å². The van der Waals surface area contributed by atoms with Crippen LogP contribution in [0.5, 0.6) is 0 Å². The summed E-state index contributed by atoms with van der Waals surface area (Å²) in [5, 5.41) is 13.7. The van der Waals surface area contributed by atoms with E-state index in [0.717, 1.165) is 12.8 Å². The Kier molecular flexibility index (Phi) is 9.04. The van der Waals surface area contributed by atoms with Gasteiger partial charge in [0.05, 0.1) is 11.7 Å². The maximum atomic E-state index is 11.7. The highest BCUT2D eigenvalue weighted by Gasteiger charge is 2.18. The standard InChI is InChI=1S/C20H24ClN5O5/c1-2-3-4-5-6-14(22)19-25-17(18(21)26-19)13-8-7-12(9-15(13)23-11-27)24-20(30)31-10-16(28)29/h4-5,7-9,11,14H,2-3,6,10,22H2,1H3,(H,23,27)(H,24,30)(H,25,26)(H,28,29)/b5-4+. The maximum absolute atomic E-state index is 11.7. The van der Waals surface area contributed by atoms with Crippen molar-refractivity contribution >= 4 is 41.4 Å². The van der Waals surface area contributed by atoms with Gasteiger partial charge in [0.25, 0.3) is 0 Å². The van der Waals surface area contributed by atoms with Gasteiger partial charge in [-0.3, -0.25) is 10.1 Å². The van der Waals surface area contributed by atoms with Crippen LogP contribution in [0.3, 0.4) is 0 Å². The number of H-pyrrole nitrogens is 1. The Balaban J connectivity index is 2.23. The Hall–Kier alpha value is -3.37. The molecular formula is C20H24ClN5O5. The van der Waals surface area contributed by atoms with Crippen molar-refractivity contribution in [3.63, 3.8) is 0 Å². The van der Waals surface area contributed by atoms with E-state index in [2.05, 4.69) is 38.3 Å². The number of hydrogen-bond acceptors (Lipinski definition) is 6. The lowest BCUT2D eigenvalue weighted by Gasteiger charge is -2.11. The third-order valence-corrected chi connectivity index (χ3v) is 4.38. The number of nitrogens with one attached hydrogen (secondary N) is 3. The Morgan fingerprint density at radius 1 is 1.39 bits per heavy atom. The highest BCUT2D eigenvalue weighted by molar-refractivity contribution is 6.32. The van der Waals surface area contributed by atoms with E-state index < -0.39 is 18.7 Å². The molecule has 2 rings (SSSR count). The molecule has 1 unspecified atom stereocenters. The number of aromatic nitrogens is 2. The van der Waals surface area contributed by atoms with Gasteiger partial charge in [-0.05, 0) is 31.0 Å². The molecule has 1 atom stereocenters. The number of hydrogen-bond donors (Lipinski definition) is 5. The molecule has 2 aromatic rings. The van der Waals surface area contributed by atoms with E-state index in [1.54, 1.807) is 6.07 Å². The number of aromatic amines is 1. The molecule has 1 aromatic heterocycles. The molecule has 1 heterocycles. The van der Waals surface area contributed by atoms with Crippen LogP contribution in [0.4, 0.5) is 16.2 Å². The van der Waals surface area contributed by atoms with Crippen LogP contribution in [0.1, 0.15) is 38.1 Å². The van der Waals surface area contributed by atoms with Crippen LogP contribution in [0, 0.1) is 0 Å². The Morgan fingerprint density at radius 2 is 2.16 bits per heavy atom. The summed E-state index contributed by atoms with van der Waals surface area (Å²) >= 11 is 6.32. The largest absolute Gasteiger partial charge is 0.479 e. The fourth-order valence-corrected chi connectivity index (χ4v) is 2.90. The molecule has 0 spiro atoms. The second-order valence-electron chi connectivity index (χ2n) is 6.50. The van der Waals surface area contributed by atoms with Crippen molar-refractivity contribution in [2.24, 2.45) is 5.73 Å². The second-order valence-corrected chi connectivity index (χ2v) is 6.88. The predicted octanol–water partition coefficient (Wildman–Crippen LogP) is 3.68. The zero-order valence-electron chi connectivity index (χ0n) is 16.9. The van der Waals surface area contributed by atoms with E-state index in [-0.39, 0.29) is 16.9 Å². The third kappa shape index (κ3) is 7.12. The number of carbonyl (C=O) groups is 3. The van der Waals surface area contributed by atoms with E-state index in [9.17, 15) is 14.4 Å². The summed E-state index contributed by atoms with van der Waals surface area (Å²) in [7, 11) is 0. The number of carbonyl (C=O) groups excluding carboxylic acids is 2. The van der Waals surface area contributed by atoms with Crippen LogP contribution in [0.15, 0.2) is 30.4 Å². The maximum Gasteiger partial charge on any atom is 0.412 e. The van der Waals surface area contributed by atoms with Gasteiger partial charge in [0, 0.05) is 11.3 Å². The third-order valence-electron chi connectivity index (χ3n) is 4.10. The van der Waals surface area contributed by atoms with Gasteiger partial charge < -0.3 is 25.9 Å². The number of nitrogens with zero attached hydrogens (tertiary/aromatic N) is 1. The van der Waals surface area contributed by atoms with Crippen LogP contribution < -0.4 is 16.4 Å². The minimum Gasteiger partial charge on any atom is -0.479 e. The number of benzene rings is 1. The Morgan fingerprint density at radius 3 is 2.84 bits per heavy atom. The molecule has 0 saturated carbocycles. The first-order chi connectivity index (χ1) is 14.8. The lowest BCUT2D eigenvalue weighted by atomic mass is 10.1. The van der Waals surface area contributed by atoms with E-state index in [4.69, 9.17) is 22.4 Å². The molecule has 10 nitrogen and oxygen atoms in total. The summed E-state index contributed by atoms with van der Waals surface area (Å²) in [5.74, 6) is -0.783. The van der Waals surface area contributed by atoms with Crippen molar-refractivity contribution < 1.29 is 24.2 Å². The second kappa shape index (κ2) is 11.7. The first kappa shape index (κ1) is 23.9. The average Bonchev–Trinajstić information content (AvgIpc) is 3.11. The molecule has 0 aliphatic carbocycles. The van der Waals surface area contributed by atoms with Gasteiger partial charge in [-0.1, -0.05) is 37.1 Å². The minimum absolute atomic E-state index is 0.249. The number of carboxylic acid groups (broad SMARTS) is 1. The number of ether oxygens (including phenoxy) is 1. The molecule has 31 heavy (non-hydrogen) atoms. The van der Waals surface area contributed by atoms with Crippen LogP contribution >= 0.6 is 11.6 Å². The Labute approximate surface area is 183 Å². The molecule has 0 fully saturated rings. The van der Waals surface area contributed by atoms with Crippen molar-refractivity contribution in [3.05, 3.63) is 41.3 Å². The molecule has 0 aliphatic rings. The van der Waals surface area contributed by atoms with Gasteiger partial charge in [-0.25, -0.2) is 14.6 Å². The number of halogens is 1. The van der Waals surface area contributed by atoms with Gasteiger partial charge in [0.1, 0.15) is 16.7 Å². The van der Waals surface area contributed by atoms with Gasteiger partial charge in [-0.2, -0.15) is 0 Å². The SMILES string of the molecule is CCC/C=C/CC(N)c1nc(-c2ccc(NC(=O)OCC(=O)O)cc2NC=O)c(Cl)[nH]1. The van der Waals surface area contributed by atoms with Gasteiger partial charge in [-0.15, -0.1) is 0 Å². The molecular weight excluding hydrogens is 426 g/mol. The fourth-order valence-electron chi connectivity index (χ4n) is 2.65. The first-order valence-corrected chi connectivity index (χ1v) is 9.89. The number of imidazole rings is 1. The summed E-state index contributed by atoms with van der Waals surface area (Å²) < 4.78 is 4.52. The summed E-state index contributed by atoms with van der Waals surface area (Å²) in [6, 6.07) is 4.21. The number of nitrogens with two attached hydrogens (primary N) is 1. The van der Waals surface area contributed by atoms with E-state index in [0.29, 0.717) is 35.6 Å². The van der Waals surface area contributed by atoms with Crippen molar-refractivity contribution in [3.8, 4) is 11.3 Å². The molecule has 0 saturated heterocycles. The quantitative estimate of drug-likeness (QED) is 0.258. The molecule has 0 bridgehead atoms. The highest BCUT2D eigenvalue weighted by Crippen LogP contribution is 2.34. The molecule has 166 valence electrons.